The van der Waals surface area contributed by atoms with Gasteiger partial charge in [0.25, 0.3) is 0 Å². The molecule has 7 nitrogen and oxygen atoms in total. The number of rotatable bonds is 7. The Bertz CT molecular complexity index is 894. The summed E-state index contributed by atoms with van der Waals surface area (Å²) in [6, 6.07) is 9.42. The van der Waals surface area contributed by atoms with Gasteiger partial charge in [-0.3, -0.25) is 9.36 Å². The van der Waals surface area contributed by atoms with E-state index in [9.17, 15) is 9.59 Å². The number of hydrogen-bond acceptors (Lipinski definition) is 5. The third kappa shape index (κ3) is 3.96. The van der Waals surface area contributed by atoms with Gasteiger partial charge >= 0.3 is 5.69 Å². The molecule has 0 fully saturated rings. The lowest BCUT2D eigenvalue weighted by Crippen LogP contribution is -2.28. The van der Waals surface area contributed by atoms with E-state index in [-0.39, 0.29) is 23.4 Å². The van der Waals surface area contributed by atoms with Crippen LogP contribution < -0.4 is 11.0 Å². The first kappa shape index (κ1) is 17.3. The quantitative estimate of drug-likeness (QED) is 0.632. The van der Waals surface area contributed by atoms with Gasteiger partial charge in [-0.15, -0.1) is 5.10 Å². The minimum atomic E-state index is -0.250. The Hall–Kier alpha value is -2.48. The fraction of sp³-hybridized carbons (Fsp3) is 0.353. The Morgan fingerprint density at radius 2 is 2.24 bits per heavy atom. The molecule has 0 spiro atoms. The maximum absolute atomic E-state index is 12.2. The number of nitrogens with zero attached hydrogens (tertiary/aromatic N) is 2. The van der Waals surface area contributed by atoms with E-state index in [0.717, 1.165) is 17.4 Å². The summed E-state index contributed by atoms with van der Waals surface area (Å²) in [4.78, 5) is 23.8. The first-order valence-corrected chi connectivity index (χ1v) is 9.13. The van der Waals surface area contributed by atoms with Crippen LogP contribution in [-0.2, 0) is 11.3 Å². The Morgan fingerprint density at radius 3 is 3.00 bits per heavy atom. The summed E-state index contributed by atoms with van der Waals surface area (Å²) in [5.74, 6) is 0.747. The minimum Gasteiger partial charge on any atom is -0.459 e. The van der Waals surface area contributed by atoms with Crippen molar-refractivity contribution in [2.45, 2.75) is 38.0 Å². The summed E-state index contributed by atoms with van der Waals surface area (Å²) in [7, 11) is 0. The molecule has 0 saturated heterocycles. The van der Waals surface area contributed by atoms with Crippen molar-refractivity contribution in [2.24, 2.45) is 0 Å². The number of hydrogen-bond donors (Lipinski definition) is 2. The molecule has 8 heteroatoms. The summed E-state index contributed by atoms with van der Waals surface area (Å²) >= 11 is 1.24. The summed E-state index contributed by atoms with van der Waals surface area (Å²) in [5.41, 5.74) is 0.550. The third-order valence-electron chi connectivity index (χ3n) is 3.75. The van der Waals surface area contributed by atoms with Crippen LogP contribution in [0.1, 0.15) is 32.1 Å². The van der Waals surface area contributed by atoms with Gasteiger partial charge < -0.3 is 9.73 Å². The highest BCUT2D eigenvalue weighted by atomic mass is 32.2. The first-order chi connectivity index (χ1) is 12.1. The average molecular weight is 360 g/mol. The molecule has 1 atom stereocenters. The number of benzene rings is 1. The molecule has 1 amide bonds. The summed E-state index contributed by atoms with van der Waals surface area (Å²) in [5, 5.41) is 10.8. The molecule has 3 rings (SSSR count). The zero-order chi connectivity index (χ0) is 17.8. The molecule has 0 aliphatic carbocycles. The van der Waals surface area contributed by atoms with Crippen molar-refractivity contribution in [3.63, 3.8) is 0 Å². The van der Waals surface area contributed by atoms with Crippen molar-refractivity contribution in [1.29, 1.82) is 0 Å². The SMILES string of the molecule is CCCn1c(SCC(=O)N[C@@H](C)c2cc3ccccc3o2)n[nH]c1=O. The van der Waals surface area contributed by atoms with Gasteiger partial charge in [0, 0.05) is 11.9 Å². The van der Waals surface area contributed by atoms with Crippen molar-refractivity contribution in [2.75, 3.05) is 5.75 Å². The minimum absolute atomic E-state index is 0.142. The Balaban J connectivity index is 1.59. The smallest absolute Gasteiger partial charge is 0.343 e. The molecule has 3 aromatic rings. The van der Waals surface area contributed by atoms with E-state index in [2.05, 4.69) is 15.5 Å². The number of amides is 1. The van der Waals surface area contributed by atoms with Crippen LogP contribution in [0.25, 0.3) is 11.0 Å². The topological polar surface area (TPSA) is 92.9 Å². The molecule has 25 heavy (non-hydrogen) atoms. The highest BCUT2D eigenvalue weighted by Gasteiger charge is 2.16. The number of thioether (sulfide) groups is 1. The molecule has 0 radical (unpaired) electrons. The second-order valence-corrected chi connectivity index (χ2v) is 6.67. The van der Waals surface area contributed by atoms with Gasteiger partial charge in [0.15, 0.2) is 5.16 Å². The van der Waals surface area contributed by atoms with Crippen molar-refractivity contribution < 1.29 is 9.21 Å². The van der Waals surface area contributed by atoms with Crippen molar-refractivity contribution >= 4 is 28.6 Å². The van der Waals surface area contributed by atoms with Crippen LogP contribution in [0.3, 0.4) is 0 Å². The summed E-state index contributed by atoms with van der Waals surface area (Å²) in [6.45, 7) is 4.44. The van der Waals surface area contributed by atoms with E-state index < -0.39 is 0 Å². The van der Waals surface area contributed by atoms with Crippen LogP contribution in [-0.4, -0.2) is 26.4 Å². The van der Waals surface area contributed by atoms with Crippen LogP contribution in [0.5, 0.6) is 0 Å². The molecule has 2 heterocycles. The normalized spacial score (nSPS) is 12.4. The van der Waals surface area contributed by atoms with Gasteiger partial charge in [0.1, 0.15) is 11.3 Å². The average Bonchev–Trinajstić information content (AvgIpc) is 3.18. The standard InChI is InChI=1S/C17H20N4O3S/c1-3-8-21-16(23)19-20-17(21)25-10-15(22)18-11(2)14-9-12-6-4-5-7-13(12)24-14/h4-7,9,11H,3,8,10H2,1-2H3,(H,18,22)(H,19,23)/t11-/m0/s1. The number of nitrogens with one attached hydrogen (secondary N) is 2. The van der Waals surface area contributed by atoms with E-state index in [1.165, 1.54) is 11.8 Å². The van der Waals surface area contributed by atoms with Gasteiger partial charge in [0.2, 0.25) is 5.91 Å². The second-order valence-electron chi connectivity index (χ2n) is 5.73. The van der Waals surface area contributed by atoms with Crippen molar-refractivity contribution in [3.05, 3.63) is 46.6 Å². The molecule has 0 bridgehead atoms. The van der Waals surface area contributed by atoms with Gasteiger partial charge in [-0.05, 0) is 25.5 Å². The van der Waals surface area contributed by atoms with Gasteiger partial charge in [-0.25, -0.2) is 9.89 Å². The largest absolute Gasteiger partial charge is 0.459 e. The van der Waals surface area contributed by atoms with Gasteiger partial charge in [-0.2, -0.15) is 0 Å². The number of furan rings is 1. The number of H-pyrrole nitrogens is 1. The summed E-state index contributed by atoms with van der Waals surface area (Å²) < 4.78 is 7.31. The van der Waals surface area contributed by atoms with E-state index >= 15 is 0 Å². The zero-order valence-electron chi connectivity index (χ0n) is 14.1. The molecule has 132 valence electrons. The molecular formula is C17H20N4O3S. The zero-order valence-corrected chi connectivity index (χ0v) is 14.9. The highest BCUT2D eigenvalue weighted by Crippen LogP contribution is 2.23. The van der Waals surface area contributed by atoms with Crippen LogP contribution >= 0.6 is 11.8 Å². The molecule has 0 aliphatic rings. The molecule has 2 N–H and O–H groups in total. The van der Waals surface area contributed by atoms with Crippen LogP contribution in [0, 0.1) is 0 Å². The number of carbonyl (C=O) groups is 1. The third-order valence-corrected chi connectivity index (χ3v) is 4.73. The molecule has 1 aromatic carbocycles. The van der Waals surface area contributed by atoms with Crippen molar-refractivity contribution in [1.82, 2.24) is 20.1 Å². The predicted molar refractivity (Wildman–Crippen MR) is 96.6 cm³/mol. The van der Waals surface area contributed by atoms with E-state index in [1.54, 1.807) is 4.57 Å². The van der Waals surface area contributed by atoms with E-state index in [0.29, 0.717) is 17.5 Å². The second kappa shape index (κ2) is 7.60. The molecule has 0 unspecified atom stereocenters. The first-order valence-electron chi connectivity index (χ1n) is 8.14. The maximum atomic E-state index is 12.2. The molecular weight excluding hydrogens is 340 g/mol. The van der Waals surface area contributed by atoms with Crippen LogP contribution in [0.15, 0.2) is 44.7 Å². The molecule has 0 aliphatic heterocycles. The number of carbonyl (C=O) groups excluding carboxylic acids is 1. The van der Waals surface area contributed by atoms with E-state index in [4.69, 9.17) is 4.42 Å². The fourth-order valence-electron chi connectivity index (χ4n) is 2.53. The Labute approximate surface area is 148 Å². The van der Waals surface area contributed by atoms with E-state index in [1.807, 2.05) is 44.2 Å². The predicted octanol–water partition coefficient (Wildman–Crippen LogP) is 2.70. The number of fused-ring (bicyclic) bond motifs is 1. The maximum Gasteiger partial charge on any atom is 0.343 e. The van der Waals surface area contributed by atoms with Crippen molar-refractivity contribution in [3.8, 4) is 0 Å². The molecule has 0 saturated carbocycles. The van der Waals surface area contributed by atoms with Gasteiger partial charge in [0.05, 0.1) is 11.8 Å². The van der Waals surface area contributed by atoms with Gasteiger partial charge in [-0.1, -0.05) is 36.9 Å². The lowest BCUT2D eigenvalue weighted by molar-refractivity contribution is -0.119. The van der Waals surface area contributed by atoms with Crippen LogP contribution in [0.4, 0.5) is 0 Å². The fourth-order valence-corrected chi connectivity index (χ4v) is 3.32. The van der Waals surface area contributed by atoms with Crippen LogP contribution in [0.2, 0.25) is 0 Å². The summed E-state index contributed by atoms with van der Waals surface area (Å²) in [6.07, 6.45) is 0.822. The monoisotopic (exact) mass is 360 g/mol. The Kier molecular flexibility index (Phi) is 5.28. The molecule has 2 aromatic heterocycles. The lowest BCUT2D eigenvalue weighted by Gasteiger charge is -2.11. The Morgan fingerprint density at radius 1 is 1.44 bits per heavy atom. The lowest BCUT2D eigenvalue weighted by atomic mass is 10.2. The highest BCUT2D eigenvalue weighted by molar-refractivity contribution is 7.99. The number of para-hydroxylation sites is 1. The number of aromatic nitrogens is 3. The number of aromatic amines is 1.